The summed E-state index contributed by atoms with van der Waals surface area (Å²) in [4.78, 5) is 15.7. The van der Waals surface area contributed by atoms with Gasteiger partial charge in [0.1, 0.15) is 0 Å². The SMILES string of the molecule is CCC(C(N)=S)N1CCN(CC(N)=O)CC1. The number of nitrogens with zero attached hydrogens (tertiary/aromatic N) is 2. The molecule has 4 N–H and O–H groups in total. The van der Waals surface area contributed by atoms with Crippen molar-refractivity contribution < 1.29 is 4.79 Å². The Kier molecular flexibility index (Phi) is 5.11. The van der Waals surface area contributed by atoms with Crippen molar-refractivity contribution in [1.82, 2.24) is 9.80 Å². The van der Waals surface area contributed by atoms with Crippen molar-refractivity contribution in [2.24, 2.45) is 11.5 Å². The highest BCUT2D eigenvalue weighted by Gasteiger charge is 2.24. The van der Waals surface area contributed by atoms with Gasteiger partial charge in [0.15, 0.2) is 0 Å². The average molecular weight is 244 g/mol. The Balaban J connectivity index is 2.41. The van der Waals surface area contributed by atoms with Crippen LogP contribution in [0, 0.1) is 0 Å². The van der Waals surface area contributed by atoms with Crippen LogP contribution in [0.25, 0.3) is 0 Å². The van der Waals surface area contributed by atoms with E-state index >= 15 is 0 Å². The normalized spacial score (nSPS) is 20.6. The van der Waals surface area contributed by atoms with Crippen LogP contribution in [-0.4, -0.2) is 59.5 Å². The summed E-state index contributed by atoms with van der Waals surface area (Å²) in [5.41, 5.74) is 10.9. The lowest BCUT2D eigenvalue weighted by molar-refractivity contribution is -0.119. The van der Waals surface area contributed by atoms with Crippen molar-refractivity contribution >= 4 is 23.1 Å². The van der Waals surface area contributed by atoms with Gasteiger partial charge in [-0.1, -0.05) is 19.1 Å². The van der Waals surface area contributed by atoms with Crippen LogP contribution in [0.1, 0.15) is 13.3 Å². The van der Waals surface area contributed by atoms with Crippen molar-refractivity contribution in [2.75, 3.05) is 32.7 Å². The molecule has 0 saturated carbocycles. The average Bonchev–Trinajstić information content (AvgIpc) is 2.20. The van der Waals surface area contributed by atoms with Gasteiger partial charge in [0.25, 0.3) is 0 Å². The Bertz CT molecular complexity index is 264. The van der Waals surface area contributed by atoms with Gasteiger partial charge in [0.05, 0.1) is 17.6 Å². The van der Waals surface area contributed by atoms with E-state index in [1.54, 1.807) is 0 Å². The van der Waals surface area contributed by atoms with Gasteiger partial charge in [-0.3, -0.25) is 14.6 Å². The van der Waals surface area contributed by atoms with Gasteiger partial charge >= 0.3 is 0 Å². The quantitative estimate of drug-likeness (QED) is 0.616. The lowest BCUT2D eigenvalue weighted by atomic mass is 10.1. The molecule has 1 heterocycles. The van der Waals surface area contributed by atoms with Crippen molar-refractivity contribution in [3.8, 4) is 0 Å². The number of carbonyl (C=O) groups excluding carboxylic acids is 1. The van der Waals surface area contributed by atoms with Crippen LogP contribution in [0.3, 0.4) is 0 Å². The molecule has 1 aliphatic heterocycles. The summed E-state index contributed by atoms with van der Waals surface area (Å²) < 4.78 is 0. The van der Waals surface area contributed by atoms with Gasteiger partial charge in [-0.15, -0.1) is 0 Å². The molecule has 5 nitrogen and oxygen atoms in total. The molecule has 1 rings (SSSR count). The number of piperazine rings is 1. The van der Waals surface area contributed by atoms with Crippen molar-refractivity contribution in [1.29, 1.82) is 0 Å². The third-order valence-corrected chi connectivity index (χ3v) is 3.21. The van der Waals surface area contributed by atoms with Gasteiger partial charge in [-0.2, -0.15) is 0 Å². The summed E-state index contributed by atoms with van der Waals surface area (Å²) in [7, 11) is 0. The summed E-state index contributed by atoms with van der Waals surface area (Å²) in [6, 6.07) is 0.186. The fourth-order valence-electron chi connectivity index (χ4n) is 2.09. The fraction of sp³-hybridized carbons (Fsp3) is 0.800. The molecular weight excluding hydrogens is 224 g/mol. The maximum atomic E-state index is 10.8. The van der Waals surface area contributed by atoms with Gasteiger partial charge in [-0.25, -0.2) is 0 Å². The van der Waals surface area contributed by atoms with Gasteiger partial charge in [0.2, 0.25) is 5.91 Å². The zero-order valence-electron chi connectivity index (χ0n) is 9.69. The fourth-order valence-corrected chi connectivity index (χ4v) is 2.41. The minimum absolute atomic E-state index is 0.186. The Morgan fingerprint density at radius 1 is 1.31 bits per heavy atom. The van der Waals surface area contributed by atoms with Gasteiger partial charge < -0.3 is 11.5 Å². The molecular formula is C10H20N4OS. The van der Waals surface area contributed by atoms with Crippen LogP contribution >= 0.6 is 12.2 Å². The summed E-state index contributed by atoms with van der Waals surface area (Å²) in [5.74, 6) is -0.269. The number of rotatable bonds is 5. The second kappa shape index (κ2) is 6.12. The molecule has 16 heavy (non-hydrogen) atoms. The number of thiocarbonyl (C=S) groups is 1. The standard InChI is InChI=1S/C10H20N4OS/c1-2-8(10(12)16)14-5-3-13(4-6-14)7-9(11)15/h8H,2-7H2,1H3,(H2,11,15)(H2,12,16). The first-order valence-corrected chi connectivity index (χ1v) is 5.99. The van der Waals surface area contributed by atoms with E-state index in [-0.39, 0.29) is 11.9 Å². The molecule has 1 atom stereocenters. The largest absolute Gasteiger partial charge is 0.392 e. The molecule has 92 valence electrons. The van der Waals surface area contributed by atoms with Crippen molar-refractivity contribution in [2.45, 2.75) is 19.4 Å². The van der Waals surface area contributed by atoms with E-state index in [9.17, 15) is 4.79 Å². The van der Waals surface area contributed by atoms with Crippen LogP contribution in [-0.2, 0) is 4.79 Å². The second-order valence-corrected chi connectivity index (χ2v) is 4.58. The van der Waals surface area contributed by atoms with Crippen LogP contribution in [0.4, 0.5) is 0 Å². The minimum atomic E-state index is -0.269. The van der Waals surface area contributed by atoms with E-state index < -0.39 is 0 Å². The monoisotopic (exact) mass is 244 g/mol. The number of carbonyl (C=O) groups is 1. The highest BCUT2D eigenvalue weighted by Crippen LogP contribution is 2.09. The molecule has 1 saturated heterocycles. The lowest BCUT2D eigenvalue weighted by Gasteiger charge is -2.38. The Labute approximate surface area is 102 Å². The topological polar surface area (TPSA) is 75.6 Å². The third-order valence-electron chi connectivity index (χ3n) is 2.94. The Morgan fingerprint density at radius 2 is 1.88 bits per heavy atom. The maximum Gasteiger partial charge on any atom is 0.231 e. The molecule has 1 amide bonds. The molecule has 1 fully saturated rings. The van der Waals surface area contributed by atoms with Crippen LogP contribution < -0.4 is 11.5 Å². The van der Waals surface area contributed by atoms with E-state index in [4.69, 9.17) is 23.7 Å². The molecule has 0 aromatic heterocycles. The van der Waals surface area contributed by atoms with Crippen molar-refractivity contribution in [3.63, 3.8) is 0 Å². The summed E-state index contributed by atoms with van der Waals surface area (Å²) in [5, 5.41) is 0. The molecule has 0 radical (unpaired) electrons. The molecule has 1 unspecified atom stereocenters. The molecule has 0 spiro atoms. The smallest absolute Gasteiger partial charge is 0.231 e. The Hall–Kier alpha value is -0.720. The maximum absolute atomic E-state index is 10.8. The molecule has 6 heteroatoms. The predicted molar refractivity (Wildman–Crippen MR) is 68.1 cm³/mol. The summed E-state index contributed by atoms with van der Waals surface area (Å²) >= 11 is 5.04. The zero-order valence-corrected chi connectivity index (χ0v) is 10.5. The van der Waals surface area contributed by atoms with Crippen LogP contribution in [0.2, 0.25) is 0 Å². The van der Waals surface area contributed by atoms with E-state index in [0.717, 1.165) is 32.6 Å². The zero-order chi connectivity index (χ0) is 12.1. The predicted octanol–water partition coefficient (Wildman–Crippen LogP) is -0.846. The molecule has 0 aromatic carbocycles. The molecule has 0 aliphatic carbocycles. The highest BCUT2D eigenvalue weighted by molar-refractivity contribution is 7.80. The van der Waals surface area contributed by atoms with Crippen molar-refractivity contribution in [3.05, 3.63) is 0 Å². The molecule has 0 bridgehead atoms. The third kappa shape index (κ3) is 3.70. The number of primary amides is 1. The van der Waals surface area contributed by atoms with E-state index in [2.05, 4.69) is 16.7 Å². The van der Waals surface area contributed by atoms with E-state index in [0.29, 0.717) is 11.5 Å². The summed E-state index contributed by atoms with van der Waals surface area (Å²) in [6.07, 6.45) is 0.936. The first-order chi connectivity index (χ1) is 7.54. The van der Waals surface area contributed by atoms with Gasteiger partial charge in [0, 0.05) is 26.2 Å². The van der Waals surface area contributed by atoms with E-state index in [1.165, 1.54) is 0 Å². The molecule has 0 aromatic rings. The molecule has 1 aliphatic rings. The summed E-state index contributed by atoms with van der Waals surface area (Å²) in [6.45, 7) is 5.91. The first-order valence-electron chi connectivity index (χ1n) is 5.58. The number of hydrogen-bond donors (Lipinski definition) is 2. The second-order valence-electron chi connectivity index (χ2n) is 4.10. The highest BCUT2D eigenvalue weighted by atomic mass is 32.1. The lowest BCUT2D eigenvalue weighted by Crippen LogP contribution is -2.54. The first kappa shape index (κ1) is 13.3. The van der Waals surface area contributed by atoms with Crippen LogP contribution in [0.5, 0.6) is 0 Å². The van der Waals surface area contributed by atoms with Gasteiger partial charge in [-0.05, 0) is 6.42 Å². The number of amides is 1. The van der Waals surface area contributed by atoms with E-state index in [1.807, 2.05) is 0 Å². The minimum Gasteiger partial charge on any atom is -0.392 e. The van der Waals surface area contributed by atoms with Crippen LogP contribution in [0.15, 0.2) is 0 Å². The Morgan fingerprint density at radius 3 is 2.25 bits per heavy atom. The number of nitrogens with two attached hydrogens (primary N) is 2. The number of hydrogen-bond acceptors (Lipinski definition) is 4.